The number of methoxy groups -OCH3 is 1. The van der Waals surface area contributed by atoms with Gasteiger partial charge < -0.3 is 4.74 Å². The average Bonchev–Trinajstić information content (AvgIpc) is 3.22. The van der Waals surface area contributed by atoms with E-state index in [2.05, 4.69) is 5.10 Å². The van der Waals surface area contributed by atoms with Crippen LogP contribution in [-0.2, 0) is 10.0 Å². The Morgan fingerprint density at radius 1 is 1.21 bits per heavy atom. The lowest BCUT2D eigenvalue weighted by Gasteiger charge is -2.37. The summed E-state index contributed by atoms with van der Waals surface area (Å²) in [4.78, 5) is 0.241. The molecule has 1 spiro atoms. The Morgan fingerprint density at radius 3 is 2.67 bits per heavy atom. The summed E-state index contributed by atoms with van der Waals surface area (Å²) >= 11 is 0. The molecule has 128 valence electrons. The van der Waals surface area contributed by atoms with Gasteiger partial charge in [-0.3, -0.25) is 0 Å². The number of para-hydroxylation sites is 2. The standard InChI is InChI=1S/C17H21N3O3S/c1-23-16-6-3-2-5-15(16)20-12-14(11-18-20)24(21,22)19-10-9-17(13-19)7-4-8-17/h2-3,5-6,11-12H,4,7-10,13H2,1H3. The van der Waals surface area contributed by atoms with Crippen LogP contribution in [0.25, 0.3) is 5.69 Å². The van der Waals surface area contributed by atoms with Crippen LogP contribution in [0.2, 0.25) is 0 Å². The molecule has 1 aliphatic heterocycles. The number of sulfonamides is 1. The fourth-order valence-electron chi connectivity index (χ4n) is 3.72. The van der Waals surface area contributed by atoms with Crippen molar-refractivity contribution in [1.82, 2.24) is 14.1 Å². The fraction of sp³-hybridized carbons (Fsp3) is 0.471. The molecule has 1 aromatic carbocycles. The molecule has 1 saturated carbocycles. The molecular weight excluding hydrogens is 326 g/mol. The Balaban J connectivity index is 1.62. The molecule has 1 aliphatic carbocycles. The first-order valence-corrected chi connectivity index (χ1v) is 9.66. The van der Waals surface area contributed by atoms with Gasteiger partial charge in [-0.2, -0.15) is 9.40 Å². The van der Waals surface area contributed by atoms with Gasteiger partial charge in [-0.15, -0.1) is 0 Å². The summed E-state index contributed by atoms with van der Waals surface area (Å²) in [5.74, 6) is 0.652. The van der Waals surface area contributed by atoms with Gasteiger partial charge in [-0.1, -0.05) is 18.6 Å². The number of benzene rings is 1. The van der Waals surface area contributed by atoms with Crippen molar-refractivity contribution < 1.29 is 13.2 Å². The van der Waals surface area contributed by atoms with Gasteiger partial charge in [-0.05, 0) is 36.8 Å². The summed E-state index contributed by atoms with van der Waals surface area (Å²) in [6, 6.07) is 7.41. The summed E-state index contributed by atoms with van der Waals surface area (Å²) in [6.45, 7) is 1.26. The summed E-state index contributed by atoms with van der Waals surface area (Å²) in [5.41, 5.74) is 0.962. The van der Waals surface area contributed by atoms with Gasteiger partial charge in [0, 0.05) is 13.1 Å². The highest BCUT2D eigenvalue weighted by Crippen LogP contribution is 2.49. The highest BCUT2D eigenvalue weighted by atomic mass is 32.2. The average molecular weight is 347 g/mol. The molecule has 2 aromatic rings. The third-order valence-electron chi connectivity index (χ3n) is 5.35. The van der Waals surface area contributed by atoms with E-state index in [4.69, 9.17) is 4.74 Å². The van der Waals surface area contributed by atoms with Crippen molar-refractivity contribution in [2.75, 3.05) is 20.2 Å². The molecule has 0 unspecified atom stereocenters. The van der Waals surface area contributed by atoms with E-state index in [0.717, 1.165) is 24.9 Å². The monoisotopic (exact) mass is 347 g/mol. The summed E-state index contributed by atoms with van der Waals surface area (Å²) in [5, 5.41) is 4.23. The SMILES string of the molecule is COc1ccccc1-n1cc(S(=O)(=O)N2CCC3(CCC3)C2)cn1. The molecule has 6 nitrogen and oxygen atoms in total. The van der Waals surface area contributed by atoms with Crippen LogP contribution in [0.15, 0.2) is 41.6 Å². The van der Waals surface area contributed by atoms with Gasteiger partial charge in [0.1, 0.15) is 16.3 Å². The second kappa shape index (κ2) is 5.60. The second-order valence-electron chi connectivity index (χ2n) is 6.73. The highest BCUT2D eigenvalue weighted by Gasteiger charge is 2.46. The van der Waals surface area contributed by atoms with E-state index in [-0.39, 0.29) is 10.3 Å². The lowest BCUT2D eigenvalue weighted by atomic mass is 9.68. The number of hydrogen-bond acceptors (Lipinski definition) is 4. The summed E-state index contributed by atoms with van der Waals surface area (Å²) in [7, 11) is -1.90. The van der Waals surface area contributed by atoms with Gasteiger partial charge in [-0.25, -0.2) is 13.1 Å². The minimum absolute atomic E-state index is 0.241. The molecular formula is C17H21N3O3S. The zero-order valence-electron chi connectivity index (χ0n) is 13.7. The van der Waals surface area contributed by atoms with Crippen molar-refractivity contribution in [3.05, 3.63) is 36.7 Å². The number of aromatic nitrogens is 2. The molecule has 1 saturated heterocycles. The van der Waals surface area contributed by atoms with E-state index in [0.29, 0.717) is 18.8 Å². The zero-order chi connectivity index (χ0) is 16.8. The van der Waals surface area contributed by atoms with Crippen LogP contribution in [0.3, 0.4) is 0 Å². The lowest BCUT2D eigenvalue weighted by molar-refractivity contribution is 0.153. The Morgan fingerprint density at radius 2 is 2.00 bits per heavy atom. The molecule has 7 heteroatoms. The van der Waals surface area contributed by atoms with Crippen molar-refractivity contribution >= 4 is 10.0 Å². The van der Waals surface area contributed by atoms with Gasteiger partial charge >= 0.3 is 0 Å². The molecule has 0 amide bonds. The largest absolute Gasteiger partial charge is 0.494 e. The first-order valence-electron chi connectivity index (χ1n) is 8.22. The van der Waals surface area contributed by atoms with Crippen LogP contribution in [0.4, 0.5) is 0 Å². The van der Waals surface area contributed by atoms with Crippen LogP contribution in [0.5, 0.6) is 5.75 Å². The van der Waals surface area contributed by atoms with E-state index >= 15 is 0 Å². The molecule has 1 aromatic heterocycles. The minimum Gasteiger partial charge on any atom is -0.494 e. The Labute approximate surface area is 142 Å². The topological polar surface area (TPSA) is 64.4 Å². The number of hydrogen-bond donors (Lipinski definition) is 0. The van der Waals surface area contributed by atoms with Gasteiger partial charge in [0.25, 0.3) is 0 Å². The maximum Gasteiger partial charge on any atom is 0.246 e. The van der Waals surface area contributed by atoms with Crippen molar-refractivity contribution in [3.8, 4) is 11.4 Å². The van der Waals surface area contributed by atoms with E-state index in [1.807, 2.05) is 24.3 Å². The van der Waals surface area contributed by atoms with Crippen LogP contribution >= 0.6 is 0 Å². The quantitative estimate of drug-likeness (QED) is 0.852. The van der Waals surface area contributed by atoms with Crippen molar-refractivity contribution in [3.63, 3.8) is 0 Å². The van der Waals surface area contributed by atoms with Crippen molar-refractivity contribution in [2.24, 2.45) is 5.41 Å². The minimum atomic E-state index is -3.48. The Bertz CT molecular complexity index is 855. The summed E-state index contributed by atoms with van der Waals surface area (Å²) in [6.07, 6.45) is 7.50. The number of nitrogens with zero attached hydrogens (tertiary/aromatic N) is 3. The highest BCUT2D eigenvalue weighted by molar-refractivity contribution is 7.89. The normalized spacial score (nSPS) is 20.2. The molecule has 2 aliphatic rings. The summed E-state index contributed by atoms with van der Waals surface area (Å²) < 4.78 is 34.3. The first kappa shape index (κ1) is 15.7. The smallest absolute Gasteiger partial charge is 0.246 e. The molecule has 0 radical (unpaired) electrons. The lowest BCUT2D eigenvalue weighted by Crippen LogP contribution is -2.35. The number of ether oxygens (including phenoxy) is 1. The van der Waals surface area contributed by atoms with E-state index in [9.17, 15) is 8.42 Å². The van der Waals surface area contributed by atoms with E-state index < -0.39 is 10.0 Å². The molecule has 0 N–H and O–H groups in total. The Hall–Kier alpha value is -1.86. The van der Waals surface area contributed by atoms with Gasteiger partial charge in [0.15, 0.2) is 0 Å². The number of rotatable bonds is 4. The predicted octanol–water partition coefficient (Wildman–Crippen LogP) is 2.45. The van der Waals surface area contributed by atoms with E-state index in [1.54, 1.807) is 22.3 Å². The predicted molar refractivity (Wildman–Crippen MR) is 89.8 cm³/mol. The van der Waals surface area contributed by atoms with Gasteiger partial charge in [0.05, 0.1) is 19.5 Å². The fourth-order valence-corrected chi connectivity index (χ4v) is 5.21. The van der Waals surface area contributed by atoms with Crippen LogP contribution < -0.4 is 4.74 Å². The maximum atomic E-state index is 12.9. The van der Waals surface area contributed by atoms with E-state index in [1.165, 1.54) is 12.6 Å². The third kappa shape index (κ3) is 2.43. The molecule has 2 heterocycles. The Kier molecular flexibility index (Phi) is 3.65. The van der Waals surface area contributed by atoms with Crippen LogP contribution in [-0.4, -0.2) is 42.7 Å². The molecule has 0 bridgehead atoms. The van der Waals surface area contributed by atoms with Crippen molar-refractivity contribution in [1.29, 1.82) is 0 Å². The molecule has 0 atom stereocenters. The van der Waals surface area contributed by atoms with Gasteiger partial charge in [0.2, 0.25) is 10.0 Å². The van der Waals surface area contributed by atoms with Crippen LogP contribution in [0, 0.1) is 5.41 Å². The molecule has 2 fully saturated rings. The molecule has 24 heavy (non-hydrogen) atoms. The zero-order valence-corrected chi connectivity index (χ0v) is 14.5. The first-order chi connectivity index (χ1) is 11.5. The second-order valence-corrected chi connectivity index (χ2v) is 8.67. The maximum absolute atomic E-state index is 12.9. The van der Waals surface area contributed by atoms with Crippen molar-refractivity contribution in [2.45, 2.75) is 30.6 Å². The van der Waals surface area contributed by atoms with Crippen LogP contribution in [0.1, 0.15) is 25.7 Å². The third-order valence-corrected chi connectivity index (χ3v) is 7.14. The molecule has 4 rings (SSSR count).